The normalized spacial score (nSPS) is 23.3. The minimum absolute atomic E-state index is 0.0493. The lowest BCUT2D eigenvalue weighted by Crippen LogP contribution is -2.26. The van der Waals surface area contributed by atoms with Crippen LogP contribution >= 0.6 is 0 Å². The third-order valence-corrected chi connectivity index (χ3v) is 4.11. The Morgan fingerprint density at radius 1 is 1.16 bits per heavy atom. The van der Waals surface area contributed by atoms with E-state index in [0.717, 1.165) is 31.2 Å². The van der Waals surface area contributed by atoms with Crippen LogP contribution in [0.4, 0.5) is 0 Å². The van der Waals surface area contributed by atoms with Gasteiger partial charge in [0.25, 0.3) is 0 Å². The monoisotopic (exact) mass is 269 g/mol. The van der Waals surface area contributed by atoms with Crippen LogP contribution in [0.1, 0.15) is 65.2 Å². The SMILES string of the molecule is CCOC(=O)CCCCCNCC1CCC(C)CC1. The Hall–Kier alpha value is -0.570. The fourth-order valence-electron chi connectivity index (χ4n) is 2.77. The second kappa shape index (κ2) is 10.2. The molecule has 112 valence electrons. The quantitative estimate of drug-likeness (QED) is 0.514. The van der Waals surface area contributed by atoms with Crippen molar-refractivity contribution in [1.29, 1.82) is 0 Å². The summed E-state index contributed by atoms with van der Waals surface area (Å²) < 4.78 is 4.90. The lowest BCUT2D eigenvalue weighted by Gasteiger charge is -2.26. The van der Waals surface area contributed by atoms with Crippen molar-refractivity contribution in [2.45, 2.75) is 65.2 Å². The first-order valence-electron chi connectivity index (χ1n) is 8.08. The van der Waals surface area contributed by atoms with Gasteiger partial charge in [0.05, 0.1) is 6.61 Å². The summed E-state index contributed by atoms with van der Waals surface area (Å²) in [7, 11) is 0. The molecule has 0 bridgehead atoms. The van der Waals surface area contributed by atoms with Gasteiger partial charge in [0, 0.05) is 6.42 Å². The van der Waals surface area contributed by atoms with Crippen molar-refractivity contribution in [1.82, 2.24) is 5.32 Å². The Kier molecular flexibility index (Phi) is 8.89. The Labute approximate surface area is 118 Å². The molecule has 0 atom stereocenters. The summed E-state index contributed by atoms with van der Waals surface area (Å²) in [6.07, 6.45) is 9.44. The van der Waals surface area contributed by atoms with Crippen molar-refractivity contribution in [2.75, 3.05) is 19.7 Å². The summed E-state index contributed by atoms with van der Waals surface area (Å²) in [6, 6.07) is 0. The minimum Gasteiger partial charge on any atom is -0.466 e. The lowest BCUT2D eigenvalue weighted by molar-refractivity contribution is -0.143. The molecule has 3 nitrogen and oxygen atoms in total. The van der Waals surface area contributed by atoms with Gasteiger partial charge in [0.2, 0.25) is 0 Å². The van der Waals surface area contributed by atoms with E-state index in [1.54, 1.807) is 0 Å². The van der Waals surface area contributed by atoms with Crippen molar-refractivity contribution >= 4 is 5.97 Å². The first-order valence-corrected chi connectivity index (χ1v) is 8.08. The molecule has 3 heteroatoms. The third kappa shape index (κ3) is 8.25. The molecule has 19 heavy (non-hydrogen) atoms. The number of unbranched alkanes of at least 4 members (excludes halogenated alkanes) is 2. The number of ether oxygens (including phenoxy) is 1. The zero-order valence-corrected chi connectivity index (χ0v) is 12.7. The fourth-order valence-corrected chi connectivity index (χ4v) is 2.77. The predicted octanol–water partition coefficient (Wildman–Crippen LogP) is 3.53. The molecule has 0 aromatic rings. The van der Waals surface area contributed by atoms with Crippen LogP contribution in [0.5, 0.6) is 0 Å². The highest BCUT2D eigenvalue weighted by atomic mass is 16.5. The second-order valence-corrected chi connectivity index (χ2v) is 5.95. The van der Waals surface area contributed by atoms with E-state index in [0.29, 0.717) is 13.0 Å². The third-order valence-electron chi connectivity index (χ3n) is 4.11. The van der Waals surface area contributed by atoms with Crippen molar-refractivity contribution in [2.24, 2.45) is 11.8 Å². The van der Waals surface area contributed by atoms with Gasteiger partial charge in [-0.3, -0.25) is 4.79 Å². The maximum Gasteiger partial charge on any atom is 0.305 e. The van der Waals surface area contributed by atoms with E-state index in [-0.39, 0.29) is 5.97 Å². The Morgan fingerprint density at radius 3 is 2.58 bits per heavy atom. The van der Waals surface area contributed by atoms with E-state index in [2.05, 4.69) is 12.2 Å². The number of rotatable bonds is 9. The van der Waals surface area contributed by atoms with E-state index in [4.69, 9.17) is 4.74 Å². The van der Waals surface area contributed by atoms with Gasteiger partial charge >= 0.3 is 5.97 Å². The van der Waals surface area contributed by atoms with E-state index in [9.17, 15) is 4.79 Å². The fraction of sp³-hybridized carbons (Fsp3) is 0.938. The van der Waals surface area contributed by atoms with Crippen molar-refractivity contribution in [3.63, 3.8) is 0 Å². The van der Waals surface area contributed by atoms with Crippen LogP contribution in [-0.4, -0.2) is 25.7 Å². The van der Waals surface area contributed by atoms with Crippen LogP contribution < -0.4 is 5.32 Å². The molecule has 0 amide bonds. The summed E-state index contributed by atoms with van der Waals surface area (Å²) in [4.78, 5) is 11.1. The summed E-state index contributed by atoms with van der Waals surface area (Å²) >= 11 is 0. The van der Waals surface area contributed by atoms with Crippen LogP contribution in [0.3, 0.4) is 0 Å². The largest absolute Gasteiger partial charge is 0.466 e. The molecule has 1 fully saturated rings. The first kappa shape index (κ1) is 16.5. The molecule has 1 aliphatic carbocycles. The smallest absolute Gasteiger partial charge is 0.305 e. The van der Waals surface area contributed by atoms with Crippen LogP contribution in [0.15, 0.2) is 0 Å². The molecule has 0 unspecified atom stereocenters. The molecule has 1 rings (SSSR count). The van der Waals surface area contributed by atoms with Crippen molar-refractivity contribution in [3.05, 3.63) is 0 Å². The molecule has 0 heterocycles. The van der Waals surface area contributed by atoms with Crippen molar-refractivity contribution in [3.8, 4) is 0 Å². The summed E-state index contributed by atoms with van der Waals surface area (Å²) in [6.45, 7) is 7.00. The predicted molar refractivity (Wildman–Crippen MR) is 79.1 cm³/mol. The molecule has 0 aliphatic heterocycles. The van der Waals surface area contributed by atoms with Gasteiger partial charge in [-0.25, -0.2) is 0 Å². The zero-order chi connectivity index (χ0) is 13.9. The topological polar surface area (TPSA) is 38.3 Å². The van der Waals surface area contributed by atoms with Crippen LogP contribution in [-0.2, 0) is 9.53 Å². The number of carbonyl (C=O) groups excluding carboxylic acids is 1. The molecule has 1 N–H and O–H groups in total. The summed E-state index contributed by atoms with van der Waals surface area (Å²) in [5, 5.41) is 3.57. The minimum atomic E-state index is -0.0493. The number of esters is 1. The van der Waals surface area contributed by atoms with Gasteiger partial charge in [-0.1, -0.05) is 26.2 Å². The molecular formula is C16H31NO2. The van der Waals surface area contributed by atoms with Crippen molar-refractivity contribution < 1.29 is 9.53 Å². The van der Waals surface area contributed by atoms with E-state index in [1.165, 1.54) is 38.6 Å². The Balaban J connectivity index is 1.85. The Bertz CT molecular complexity index is 235. The van der Waals surface area contributed by atoms with Crippen LogP contribution in [0.2, 0.25) is 0 Å². The molecule has 1 saturated carbocycles. The average Bonchev–Trinajstić information content (AvgIpc) is 2.40. The van der Waals surface area contributed by atoms with E-state index >= 15 is 0 Å². The van der Waals surface area contributed by atoms with E-state index < -0.39 is 0 Å². The number of hydrogen-bond donors (Lipinski definition) is 1. The zero-order valence-electron chi connectivity index (χ0n) is 12.7. The van der Waals surface area contributed by atoms with Gasteiger partial charge < -0.3 is 10.1 Å². The first-order chi connectivity index (χ1) is 9.22. The average molecular weight is 269 g/mol. The maximum absolute atomic E-state index is 11.1. The second-order valence-electron chi connectivity index (χ2n) is 5.95. The van der Waals surface area contributed by atoms with Gasteiger partial charge in [0.15, 0.2) is 0 Å². The van der Waals surface area contributed by atoms with Gasteiger partial charge in [0.1, 0.15) is 0 Å². The highest BCUT2D eigenvalue weighted by Gasteiger charge is 2.17. The lowest BCUT2D eigenvalue weighted by atomic mass is 9.83. The van der Waals surface area contributed by atoms with Crippen LogP contribution in [0.25, 0.3) is 0 Å². The molecule has 1 aliphatic rings. The molecule has 0 radical (unpaired) electrons. The molecule has 0 aromatic carbocycles. The maximum atomic E-state index is 11.1. The van der Waals surface area contributed by atoms with Crippen LogP contribution in [0, 0.1) is 11.8 Å². The highest BCUT2D eigenvalue weighted by Crippen LogP contribution is 2.27. The standard InChI is InChI=1S/C16H31NO2/c1-3-19-16(18)7-5-4-6-12-17-13-15-10-8-14(2)9-11-15/h14-15,17H,3-13H2,1-2H3. The number of nitrogens with one attached hydrogen (secondary N) is 1. The Morgan fingerprint density at radius 2 is 1.89 bits per heavy atom. The summed E-state index contributed by atoms with van der Waals surface area (Å²) in [5.74, 6) is 1.79. The number of carbonyl (C=O) groups is 1. The van der Waals surface area contributed by atoms with Gasteiger partial charge in [-0.2, -0.15) is 0 Å². The molecule has 0 spiro atoms. The van der Waals surface area contributed by atoms with E-state index in [1.807, 2.05) is 6.92 Å². The molecule has 0 saturated heterocycles. The number of hydrogen-bond acceptors (Lipinski definition) is 3. The molecule has 0 aromatic heterocycles. The van der Waals surface area contributed by atoms with Gasteiger partial charge in [-0.15, -0.1) is 0 Å². The molecular weight excluding hydrogens is 238 g/mol. The highest BCUT2D eigenvalue weighted by molar-refractivity contribution is 5.69. The van der Waals surface area contributed by atoms with Gasteiger partial charge in [-0.05, 0) is 57.5 Å². The summed E-state index contributed by atoms with van der Waals surface area (Å²) in [5.41, 5.74) is 0.